The lowest BCUT2D eigenvalue weighted by Crippen LogP contribution is -2.12. The predicted molar refractivity (Wildman–Crippen MR) is 138 cm³/mol. The van der Waals surface area contributed by atoms with Gasteiger partial charge < -0.3 is 9.47 Å². The number of aryl methyl sites for hydroxylation is 3. The molecule has 2 aromatic carbocycles. The third-order valence-electron chi connectivity index (χ3n) is 6.01. The van der Waals surface area contributed by atoms with Crippen molar-refractivity contribution in [1.29, 1.82) is 0 Å². The Bertz CT molecular complexity index is 1050. The smallest absolute Gasteiger partial charge is 0.130 e. The second-order valence-electron chi connectivity index (χ2n) is 9.96. The summed E-state index contributed by atoms with van der Waals surface area (Å²) < 4.78 is 12.4. The second kappa shape index (κ2) is 10.4. The minimum Gasteiger partial charge on any atom is -0.490 e. The van der Waals surface area contributed by atoms with E-state index >= 15 is 0 Å². The largest absolute Gasteiger partial charge is 0.490 e. The van der Waals surface area contributed by atoms with E-state index in [4.69, 9.17) is 14.5 Å². The lowest BCUT2D eigenvalue weighted by Gasteiger charge is -2.21. The van der Waals surface area contributed by atoms with Gasteiger partial charge in [-0.25, -0.2) is 0 Å². The molecule has 0 aliphatic rings. The quantitative estimate of drug-likeness (QED) is 0.354. The molecule has 0 fully saturated rings. The van der Waals surface area contributed by atoms with E-state index < -0.39 is 0 Å². The standard InChI is InChI=1S/C30H39NO2/c1-9-22-12-11-13-23(10-2)29(22)27-18-28(33-20(3)4)26(21(5)31-27)19-32-25-16-14-24(15-17-25)30(6,7)8/h11-18,20H,9-10,19H2,1-8H3. The van der Waals surface area contributed by atoms with Gasteiger partial charge in [-0.2, -0.15) is 0 Å². The Morgan fingerprint density at radius 2 is 1.52 bits per heavy atom. The molecule has 0 bridgehead atoms. The predicted octanol–water partition coefficient (Wildman–Crippen LogP) is 7.85. The number of ether oxygens (including phenoxy) is 2. The van der Waals surface area contributed by atoms with Crippen LogP contribution >= 0.6 is 0 Å². The van der Waals surface area contributed by atoms with Crippen molar-refractivity contribution in [3.05, 3.63) is 76.5 Å². The number of hydrogen-bond donors (Lipinski definition) is 0. The molecule has 0 aliphatic heterocycles. The van der Waals surface area contributed by atoms with Gasteiger partial charge in [-0.05, 0) is 67.9 Å². The van der Waals surface area contributed by atoms with Crippen LogP contribution in [0.3, 0.4) is 0 Å². The van der Waals surface area contributed by atoms with E-state index in [1.54, 1.807) is 0 Å². The molecular weight excluding hydrogens is 406 g/mol. The van der Waals surface area contributed by atoms with Crippen LogP contribution in [0, 0.1) is 6.92 Å². The third kappa shape index (κ3) is 5.96. The number of hydrogen-bond acceptors (Lipinski definition) is 3. The zero-order valence-corrected chi connectivity index (χ0v) is 21.6. The van der Waals surface area contributed by atoms with E-state index in [1.165, 1.54) is 22.3 Å². The van der Waals surface area contributed by atoms with E-state index in [1.807, 2.05) is 12.1 Å². The van der Waals surface area contributed by atoms with Crippen LogP contribution in [0.15, 0.2) is 48.5 Å². The van der Waals surface area contributed by atoms with Gasteiger partial charge in [-0.3, -0.25) is 4.98 Å². The molecule has 0 spiro atoms. The summed E-state index contributed by atoms with van der Waals surface area (Å²) in [5.41, 5.74) is 8.22. The Morgan fingerprint density at radius 1 is 0.909 bits per heavy atom. The molecule has 3 aromatic rings. The fourth-order valence-electron chi connectivity index (χ4n) is 4.11. The van der Waals surface area contributed by atoms with Gasteiger partial charge in [0, 0.05) is 17.3 Å². The molecular formula is C30H39NO2. The van der Waals surface area contributed by atoms with Gasteiger partial charge in [0.25, 0.3) is 0 Å². The minimum absolute atomic E-state index is 0.0662. The molecule has 0 amide bonds. The topological polar surface area (TPSA) is 31.4 Å². The summed E-state index contributed by atoms with van der Waals surface area (Å²) in [5.74, 6) is 1.71. The van der Waals surface area contributed by atoms with E-state index in [2.05, 4.69) is 91.8 Å². The molecule has 3 rings (SSSR count). The van der Waals surface area contributed by atoms with Gasteiger partial charge >= 0.3 is 0 Å². The first-order chi connectivity index (χ1) is 15.6. The van der Waals surface area contributed by atoms with Crippen LogP contribution in [0.4, 0.5) is 0 Å². The highest BCUT2D eigenvalue weighted by atomic mass is 16.5. The van der Waals surface area contributed by atoms with Crippen molar-refractivity contribution in [2.45, 2.75) is 86.4 Å². The molecule has 0 radical (unpaired) electrons. The lowest BCUT2D eigenvalue weighted by molar-refractivity contribution is 0.229. The SMILES string of the molecule is CCc1cccc(CC)c1-c1cc(OC(C)C)c(COc2ccc(C(C)(C)C)cc2)c(C)n1. The molecule has 176 valence electrons. The number of benzene rings is 2. The van der Waals surface area contributed by atoms with Crippen LogP contribution in [-0.2, 0) is 24.9 Å². The summed E-state index contributed by atoms with van der Waals surface area (Å²) in [6.07, 6.45) is 2.01. The summed E-state index contributed by atoms with van der Waals surface area (Å²) >= 11 is 0. The molecule has 0 aliphatic carbocycles. The van der Waals surface area contributed by atoms with Crippen LogP contribution in [-0.4, -0.2) is 11.1 Å². The van der Waals surface area contributed by atoms with Crippen molar-refractivity contribution in [3.63, 3.8) is 0 Å². The van der Waals surface area contributed by atoms with Gasteiger partial charge in [0.05, 0.1) is 17.4 Å². The molecule has 0 N–H and O–H groups in total. The molecule has 0 unspecified atom stereocenters. The molecule has 33 heavy (non-hydrogen) atoms. The van der Waals surface area contributed by atoms with Crippen molar-refractivity contribution in [2.75, 3.05) is 0 Å². The Labute approximate surface area is 200 Å². The summed E-state index contributed by atoms with van der Waals surface area (Å²) in [4.78, 5) is 5.03. The lowest BCUT2D eigenvalue weighted by atomic mass is 9.87. The average Bonchev–Trinajstić information content (AvgIpc) is 2.77. The molecule has 0 saturated carbocycles. The molecule has 1 heterocycles. The highest BCUT2D eigenvalue weighted by Crippen LogP contribution is 2.34. The van der Waals surface area contributed by atoms with Crippen LogP contribution in [0.1, 0.15) is 76.4 Å². The second-order valence-corrected chi connectivity index (χ2v) is 9.96. The highest BCUT2D eigenvalue weighted by Gasteiger charge is 2.18. The number of nitrogens with zero attached hydrogens (tertiary/aromatic N) is 1. The van der Waals surface area contributed by atoms with Crippen molar-refractivity contribution in [3.8, 4) is 22.8 Å². The summed E-state index contributed by atoms with van der Waals surface area (Å²) in [7, 11) is 0. The van der Waals surface area contributed by atoms with Crippen molar-refractivity contribution in [1.82, 2.24) is 4.98 Å². The molecule has 1 aromatic heterocycles. The Morgan fingerprint density at radius 3 is 2.03 bits per heavy atom. The number of pyridine rings is 1. The van der Waals surface area contributed by atoms with Gasteiger partial charge in [0.1, 0.15) is 18.1 Å². The average molecular weight is 446 g/mol. The third-order valence-corrected chi connectivity index (χ3v) is 6.01. The van der Waals surface area contributed by atoms with Crippen LogP contribution < -0.4 is 9.47 Å². The molecule has 0 saturated heterocycles. The maximum Gasteiger partial charge on any atom is 0.130 e. The van der Waals surface area contributed by atoms with Crippen molar-refractivity contribution in [2.24, 2.45) is 0 Å². The van der Waals surface area contributed by atoms with Crippen LogP contribution in [0.25, 0.3) is 11.3 Å². The van der Waals surface area contributed by atoms with E-state index in [0.29, 0.717) is 6.61 Å². The van der Waals surface area contributed by atoms with Gasteiger partial charge in [0.15, 0.2) is 0 Å². The molecule has 3 nitrogen and oxygen atoms in total. The van der Waals surface area contributed by atoms with Crippen LogP contribution in [0.2, 0.25) is 0 Å². The highest BCUT2D eigenvalue weighted by molar-refractivity contribution is 5.70. The van der Waals surface area contributed by atoms with E-state index in [9.17, 15) is 0 Å². The van der Waals surface area contributed by atoms with E-state index in [0.717, 1.165) is 41.3 Å². The zero-order chi connectivity index (χ0) is 24.2. The summed E-state index contributed by atoms with van der Waals surface area (Å²) in [6.45, 7) is 17.6. The van der Waals surface area contributed by atoms with Gasteiger partial charge in [-0.15, -0.1) is 0 Å². The minimum atomic E-state index is 0.0662. The van der Waals surface area contributed by atoms with Crippen LogP contribution in [0.5, 0.6) is 11.5 Å². The Balaban J connectivity index is 1.97. The van der Waals surface area contributed by atoms with E-state index in [-0.39, 0.29) is 11.5 Å². The number of aromatic nitrogens is 1. The molecule has 3 heteroatoms. The fourth-order valence-corrected chi connectivity index (χ4v) is 4.11. The number of rotatable bonds is 8. The maximum absolute atomic E-state index is 6.27. The normalized spacial score (nSPS) is 11.7. The summed E-state index contributed by atoms with van der Waals surface area (Å²) in [6, 6.07) is 17.0. The van der Waals surface area contributed by atoms with Gasteiger partial charge in [0.2, 0.25) is 0 Å². The zero-order valence-electron chi connectivity index (χ0n) is 21.6. The first kappa shape index (κ1) is 24.8. The monoisotopic (exact) mass is 445 g/mol. The summed E-state index contributed by atoms with van der Waals surface area (Å²) in [5, 5.41) is 0. The van der Waals surface area contributed by atoms with Crippen molar-refractivity contribution >= 4 is 0 Å². The molecule has 0 atom stereocenters. The fraction of sp³-hybridized carbons (Fsp3) is 0.433. The Kier molecular flexibility index (Phi) is 7.84. The van der Waals surface area contributed by atoms with Gasteiger partial charge in [-0.1, -0.05) is 65.0 Å². The maximum atomic E-state index is 6.27. The van der Waals surface area contributed by atoms with Crippen molar-refractivity contribution < 1.29 is 9.47 Å². The Hall–Kier alpha value is -2.81. The first-order valence-electron chi connectivity index (χ1n) is 12.2. The first-order valence-corrected chi connectivity index (χ1v) is 12.2.